The molecule has 39 heavy (non-hydrogen) atoms. The Morgan fingerprint density at radius 2 is 2.18 bits per heavy atom. The highest BCUT2D eigenvalue weighted by Crippen LogP contribution is 2.48. The van der Waals surface area contributed by atoms with Crippen LogP contribution in [-0.2, 0) is 27.9 Å². The molecule has 7 atom stereocenters. The molecule has 214 valence electrons. The van der Waals surface area contributed by atoms with Crippen LogP contribution >= 0.6 is 7.82 Å². The van der Waals surface area contributed by atoms with Crippen LogP contribution in [0.25, 0.3) is 11.2 Å². The molecule has 8 N–H and O–H groups in total. The molecule has 2 aliphatic rings. The number of urea groups is 1. The number of guanidine groups is 1. The van der Waals surface area contributed by atoms with Gasteiger partial charge in [0.1, 0.15) is 36.6 Å². The number of aromatic nitrogens is 4. The minimum atomic E-state index is -4.76. The van der Waals surface area contributed by atoms with Crippen LogP contribution < -0.4 is 21.9 Å². The van der Waals surface area contributed by atoms with Gasteiger partial charge in [0, 0.05) is 12.8 Å². The van der Waals surface area contributed by atoms with Crippen LogP contribution in [0.3, 0.4) is 0 Å². The van der Waals surface area contributed by atoms with Crippen molar-refractivity contribution in [2.45, 2.75) is 56.6 Å². The number of aliphatic hydroxyl groups excluding tert-OH is 2. The highest BCUT2D eigenvalue weighted by atomic mass is 31.2. The number of nitrogens with one attached hydrogen (secondary N) is 3. The van der Waals surface area contributed by atoms with E-state index in [-0.39, 0.29) is 30.4 Å². The zero-order valence-electron chi connectivity index (χ0n) is 20.4. The Labute approximate surface area is 218 Å². The second-order valence-corrected chi connectivity index (χ2v) is 10.0. The van der Waals surface area contributed by atoms with Gasteiger partial charge in [0.25, 0.3) is 5.56 Å². The Morgan fingerprint density at radius 1 is 1.41 bits per heavy atom. The van der Waals surface area contributed by atoms with Crippen LogP contribution in [0.4, 0.5) is 4.79 Å². The van der Waals surface area contributed by atoms with E-state index < -0.39 is 75.5 Å². The molecule has 19 nitrogen and oxygen atoms in total. The molecule has 2 aromatic rings. The van der Waals surface area contributed by atoms with Crippen molar-refractivity contribution in [1.29, 1.82) is 0 Å². The Morgan fingerprint density at radius 3 is 2.90 bits per heavy atom. The lowest BCUT2D eigenvalue weighted by Crippen LogP contribution is -2.47. The Kier molecular flexibility index (Phi) is 8.72. The van der Waals surface area contributed by atoms with E-state index in [9.17, 15) is 34.1 Å². The molecule has 20 heteroatoms. The lowest BCUT2D eigenvalue weighted by molar-refractivity contribution is -0.106. The van der Waals surface area contributed by atoms with Crippen LogP contribution in [-0.4, -0.2) is 96.9 Å². The predicted octanol–water partition coefficient (Wildman–Crippen LogP) is -2.54. The number of aliphatic hydroxyl groups is 2. The van der Waals surface area contributed by atoms with Crippen LogP contribution in [0.15, 0.2) is 16.1 Å². The molecule has 3 amide bonds. The van der Waals surface area contributed by atoms with E-state index >= 15 is 0 Å². The first-order chi connectivity index (χ1) is 18.5. The zero-order valence-corrected chi connectivity index (χ0v) is 21.3. The summed E-state index contributed by atoms with van der Waals surface area (Å²) in [5, 5.41) is 24.4. The monoisotopic (exact) mass is 574 g/mol. The van der Waals surface area contributed by atoms with Gasteiger partial charge in [-0.1, -0.05) is 0 Å². The molecular weight excluding hydrogens is 547 g/mol. The highest BCUT2D eigenvalue weighted by molar-refractivity contribution is 7.47. The number of fused-ring (bicyclic) bond motifs is 1. The number of phosphoric acid groups is 1. The summed E-state index contributed by atoms with van der Waals surface area (Å²) in [5.74, 6) is -0.114. The molecule has 0 bridgehead atoms. The molecule has 0 saturated carbocycles. The van der Waals surface area contributed by atoms with Crippen LogP contribution in [0.1, 0.15) is 24.9 Å². The smallest absolute Gasteiger partial charge is 0.394 e. The summed E-state index contributed by atoms with van der Waals surface area (Å²) in [6.07, 6.45) is -4.84. The maximum atomic E-state index is 12.6. The van der Waals surface area contributed by atoms with E-state index in [1.54, 1.807) is 6.92 Å². The Bertz CT molecular complexity index is 1350. The molecule has 2 aromatic heterocycles. The number of ether oxygens (including phenoxy) is 2. The van der Waals surface area contributed by atoms with Gasteiger partial charge < -0.3 is 40.6 Å². The van der Waals surface area contributed by atoms with E-state index in [0.29, 0.717) is 5.82 Å². The first-order valence-electron chi connectivity index (χ1n) is 11.5. The van der Waals surface area contributed by atoms with Gasteiger partial charge in [-0.3, -0.25) is 28.5 Å². The number of amides is 3. The van der Waals surface area contributed by atoms with Crippen molar-refractivity contribution in [3.63, 3.8) is 0 Å². The fourth-order valence-electron chi connectivity index (χ4n) is 4.12. The minimum absolute atomic E-state index is 0.0597. The van der Waals surface area contributed by atoms with Crippen LogP contribution in [0, 0.1) is 6.92 Å². The maximum Gasteiger partial charge on any atom is 0.472 e. The number of aromatic amines is 1. The molecule has 2 saturated heterocycles. The summed E-state index contributed by atoms with van der Waals surface area (Å²) >= 11 is 0. The number of nitrogens with zero attached hydrogens (tertiary/aromatic N) is 4. The number of phosphoric ester groups is 1. The Balaban J connectivity index is 1.32. The summed E-state index contributed by atoms with van der Waals surface area (Å²) in [7, 11) is -4.76. The summed E-state index contributed by atoms with van der Waals surface area (Å²) < 4.78 is 35.4. The van der Waals surface area contributed by atoms with E-state index in [1.807, 2.05) is 0 Å². The van der Waals surface area contributed by atoms with E-state index in [2.05, 4.69) is 30.6 Å². The fraction of sp³-hybridized carbons (Fsp3) is 0.579. The number of imidazole rings is 1. The molecule has 4 heterocycles. The second-order valence-electron chi connectivity index (χ2n) is 8.62. The lowest BCUT2D eigenvalue weighted by Gasteiger charge is -2.21. The fourth-order valence-corrected chi connectivity index (χ4v) is 5.08. The van der Waals surface area contributed by atoms with Gasteiger partial charge in [-0.05, 0) is 6.92 Å². The molecule has 4 rings (SSSR count). The maximum absolute atomic E-state index is 12.6. The van der Waals surface area contributed by atoms with Gasteiger partial charge >= 0.3 is 13.9 Å². The second kappa shape index (κ2) is 11.8. The average Bonchev–Trinajstić information content (AvgIpc) is 3.54. The molecule has 2 fully saturated rings. The highest BCUT2D eigenvalue weighted by Gasteiger charge is 2.43. The molecule has 3 unspecified atom stereocenters. The molecule has 0 aliphatic carbocycles. The normalized spacial score (nSPS) is 28.9. The summed E-state index contributed by atoms with van der Waals surface area (Å²) in [4.78, 5) is 58.4. The van der Waals surface area contributed by atoms with Gasteiger partial charge in [0.15, 0.2) is 11.2 Å². The lowest BCUT2D eigenvalue weighted by atomic mass is 10.2. The largest absolute Gasteiger partial charge is 0.472 e. The number of carbonyl (C=O) groups excluding carboxylic acids is 2. The standard InChI is InChI=1S/C19H27N8O11P/c1-8-23-16-15(17(31)24-8)21-6-27(16)14-2-9(30)12(37-14)5-35-39(33,34)38-10-3-13(36-11(10)4-28)25-19(32)26-18(20)22-7-29/h6-7,9-14,28,30H,2-5H2,1H3,(H,33,34)(H,23,24,31)(H4,20,22,25,26,29,32)/t9?,10?,11-,12-,13-,14-/m1/s1. The number of aryl methyl sites for hydroxylation is 1. The predicted molar refractivity (Wildman–Crippen MR) is 128 cm³/mol. The van der Waals surface area contributed by atoms with E-state index in [4.69, 9.17) is 24.3 Å². The topological polar surface area (TPSA) is 275 Å². The van der Waals surface area contributed by atoms with Gasteiger partial charge in [-0.2, -0.15) is 4.99 Å². The molecule has 0 spiro atoms. The van der Waals surface area contributed by atoms with Crippen LogP contribution in [0.2, 0.25) is 0 Å². The number of H-pyrrole nitrogens is 1. The molecule has 0 aromatic carbocycles. The van der Waals surface area contributed by atoms with E-state index in [1.165, 1.54) is 10.9 Å². The first kappa shape index (κ1) is 28.7. The van der Waals surface area contributed by atoms with Crippen molar-refractivity contribution in [3.8, 4) is 0 Å². The van der Waals surface area contributed by atoms with Crippen LogP contribution in [0.5, 0.6) is 0 Å². The number of hydrogen-bond acceptors (Lipinski definition) is 12. The number of aliphatic imine (C=N–C) groups is 1. The van der Waals surface area contributed by atoms with E-state index in [0.717, 1.165) is 0 Å². The van der Waals surface area contributed by atoms with Crippen molar-refractivity contribution < 1.29 is 47.8 Å². The molecule has 2 aliphatic heterocycles. The third-order valence-electron chi connectivity index (χ3n) is 5.84. The van der Waals surface area contributed by atoms with Crippen molar-refractivity contribution in [1.82, 2.24) is 30.2 Å². The average molecular weight is 574 g/mol. The Hall–Kier alpha value is -3.29. The molecular formula is C19H27N8O11P. The SMILES string of the molecule is Cc1nc2c(ncn2[C@H]2CC(O)[C@@H](COP(=O)(O)OC3C[C@H](NC(=O)NC(N)=NC=O)O[C@@H]3CO)O2)c(=O)[nH]1. The molecule has 0 radical (unpaired) electrons. The minimum Gasteiger partial charge on any atom is -0.394 e. The number of hydrogen-bond donors (Lipinski definition) is 7. The first-order valence-corrected chi connectivity index (χ1v) is 13.0. The van der Waals surface area contributed by atoms with Gasteiger partial charge in [0.2, 0.25) is 12.4 Å². The van der Waals surface area contributed by atoms with Gasteiger partial charge in [-0.15, -0.1) is 0 Å². The number of rotatable bonds is 9. The summed E-state index contributed by atoms with van der Waals surface area (Å²) in [5.41, 5.74) is 5.20. The number of carbonyl (C=O) groups is 2. The van der Waals surface area contributed by atoms with Crippen molar-refractivity contribution >= 4 is 37.4 Å². The third-order valence-corrected chi connectivity index (χ3v) is 6.85. The third kappa shape index (κ3) is 6.84. The van der Waals surface area contributed by atoms with Crippen molar-refractivity contribution in [2.24, 2.45) is 10.7 Å². The van der Waals surface area contributed by atoms with Crippen molar-refractivity contribution in [2.75, 3.05) is 13.2 Å². The summed E-state index contributed by atoms with van der Waals surface area (Å²) in [6.45, 7) is 0.449. The summed E-state index contributed by atoms with van der Waals surface area (Å²) in [6, 6.07) is -0.883. The zero-order chi connectivity index (χ0) is 28.3. The van der Waals surface area contributed by atoms with Gasteiger partial charge in [0.05, 0.1) is 25.6 Å². The quantitative estimate of drug-likeness (QED) is 0.0703. The van der Waals surface area contributed by atoms with Crippen molar-refractivity contribution in [3.05, 3.63) is 22.5 Å². The van der Waals surface area contributed by atoms with Gasteiger partial charge in [-0.25, -0.2) is 19.3 Å². The number of nitrogens with two attached hydrogens (primary N) is 1.